The lowest BCUT2D eigenvalue weighted by molar-refractivity contribution is 0.0594. The quantitative estimate of drug-likeness (QED) is 0.858. The van der Waals surface area contributed by atoms with Crippen molar-refractivity contribution in [3.8, 4) is 0 Å². The van der Waals surface area contributed by atoms with E-state index in [2.05, 4.69) is 20.0 Å². The van der Waals surface area contributed by atoms with Crippen molar-refractivity contribution >= 4 is 28.7 Å². The van der Waals surface area contributed by atoms with E-state index in [4.69, 9.17) is 4.74 Å². The van der Waals surface area contributed by atoms with Gasteiger partial charge in [-0.15, -0.1) is 0 Å². The first-order valence-corrected chi connectivity index (χ1v) is 6.64. The lowest BCUT2D eigenvalue weighted by Crippen LogP contribution is -2.27. The highest BCUT2D eigenvalue weighted by Crippen LogP contribution is 2.24. The summed E-state index contributed by atoms with van der Waals surface area (Å²) in [7, 11) is 1.28. The molecule has 0 spiro atoms. The van der Waals surface area contributed by atoms with Crippen molar-refractivity contribution in [3.05, 3.63) is 30.2 Å². The predicted octanol–water partition coefficient (Wildman–Crippen LogP) is 2.76. The normalized spacial score (nSPS) is 11.1. The Balaban J connectivity index is 2.40. The Hall–Kier alpha value is -2.70. The predicted molar refractivity (Wildman–Crippen MR) is 80.7 cm³/mol. The second-order valence-corrected chi connectivity index (χ2v) is 5.54. The molecule has 0 saturated heterocycles. The number of amides is 1. The number of hydrogen-bond donors (Lipinski definition) is 1. The number of fused-ring (bicyclic) bond motifs is 1. The summed E-state index contributed by atoms with van der Waals surface area (Å²) in [5.41, 5.74) is 0.393. The number of carbonyl (C=O) groups excluding carboxylic acids is 2. The molecular weight excluding hydrogens is 286 g/mol. The Labute approximate surface area is 127 Å². The smallest absolute Gasteiger partial charge is 0.412 e. The van der Waals surface area contributed by atoms with Crippen LogP contribution in [-0.4, -0.2) is 34.7 Å². The molecule has 1 N–H and O–H groups in total. The molecule has 1 aromatic heterocycles. The third kappa shape index (κ3) is 3.49. The van der Waals surface area contributed by atoms with Crippen LogP contribution in [0.25, 0.3) is 10.9 Å². The van der Waals surface area contributed by atoms with Gasteiger partial charge in [0.1, 0.15) is 11.9 Å². The van der Waals surface area contributed by atoms with Crippen LogP contribution in [0.3, 0.4) is 0 Å². The fourth-order valence-corrected chi connectivity index (χ4v) is 1.86. The molecule has 0 aliphatic heterocycles. The monoisotopic (exact) mass is 303 g/mol. The number of esters is 1. The summed E-state index contributed by atoms with van der Waals surface area (Å²) < 4.78 is 9.89. The summed E-state index contributed by atoms with van der Waals surface area (Å²) >= 11 is 0. The Morgan fingerprint density at radius 3 is 2.55 bits per heavy atom. The van der Waals surface area contributed by atoms with E-state index in [1.807, 2.05) is 0 Å². The summed E-state index contributed by atoms with van der Waals surface area (Å²) in [4.78, 5) is 31.6. The molecule has 1 heterocycles. The highest BCUT2D eigenvalue weighted by Gasteiger charge is 2.19. The van der Waals surface area contributed by atoms with Gasteiger partial charge in [0.15, 0.2) is 5.69 Å². The molecule has 116 valence electrons. The van der Waals surface area contributed by atoms with Gasteiger partial charge >= 0.3 is 12.1 Å². The molecule has 7 heteroatoms. The summed E-state index contributed by atoms with van der Waals surface area (Å²) in [6.45, 7) is 5.31. The molecule has 2 aromatic rings. The second kappa shape index (κ2) is 5.97. The first-order chi connectivity index (χ1) is 10.3. The Kier molecular flexibility index (Phi) is 4.25. The Bertz CT molecular complexity index is 722. The first kappa shape index (κ1) is 15.7. The lowest BCUT2D eigenvalue weighted by Gasteiger charge is -2.20. The van der Waals surface area contributed by atoms with Crippen molar-refractivity contribution in [1.29, 1.82) is 0 Å². The van der Waals surface area contributed by atoms with E-state index in [1.54, 1.807) is 39.0 Å². The molecule has 0 radical (unpaired) electrons. The number of nitrogens with one attached hydrogen (secondary N) is 1. The van der Waals surface area contributed by atoms with E-state index in [1.165, 1.54) is 13.4 Å². The number of anilines is 1. The second-order valence-electron chi connectivity index (χ2n) is 5.54. The third-order valence-corrected chi connectivity index (χ3v) is 2.68. The van der Waals surface area contributed by atoms with Gasteiger partial charge in [-0.1, -0.05) is 12.1 Å². The van der Waals surface area contributed by atoms with Crippen LogP contribution in [0.4, 0.5) is 10.5 Å². The molecule has 0 saturated carbocycles. The zero-order valence-electron chi connectivity index (χ0n) is 12.8. The summed E-state index contributed by atoms with van der Waals surface area (Å²) in [5, 5.41) is 3.11. The maximum absolute atomic E-state index is 11.9. The zero-order chi connectivity index (χ0) is 16.3. The highest BCUT2D eigenvalue weighted by atomic mass is 16.6. The number of carbonyl (C=O) groups is 2. The van der Waals surface area contributed by atoms with Gasteiger partial charge in [0.05, 0.1) is 18.3 Å². The average molecular weight is 303 g/mol. The largest absolute Gasteiger partial charge is 0.464 e. The summed E-state index contributed by atoms with van der Waals surface area (Å²) in [5.74, 6) is -0.568. The van der Waals surface area contributed by atoms with Gasteiger partial charge in [-0.05, 0) is 26.8 Å². The average Bonchev–Trinajstić information content (AvgIpc) is 2.44. The number of hydrogen-bond acceptors (Lipinski definition) is 6. The lowest BCUT2D eigenvalue weighted by atomic mass is 10.1. The van der Waals surface area contributed by atoms with Crippen LogP contribution < -0.4 is 5.32 Å². The van der Waals surface area contributed by atoms with Crippen LogP contribution in [0, 0.1) is 0 Å². The summed E-state index contributed by atoms with van der Waals surface area (Å²) in [6.07, 6.45) is 0.646. The van der Waals surface area contributed by atoms with E-state index >= 15 is 0 Å². The molecule has 0 unspecified atom stereocenters. The van der Waals surface area contributed by atoms with Crippen molar-refractivity contribution in [2.75, 3.05) is 12.4 Å². The SMILES string of the molecule is COC(=O)c1ncnc2c(NC(=O)OC(C)(C)C)cccc12. The number of methoxy groups -OCH3 is 1. The maximum atomic E-state index is 11.9. The van der Waals surface area contributed by atoms with E-state index in [0.717, 1.165) is 0 Å². The van der Waals surface area contributed by atoms with Crippen LogP contribution in [0.15, 0.2) is 24.5 Å². The number of aromatic nitrogens is 2. The van der Waals surface area contributed by atoms with Gasteiger partial charge < -0.3 is 9.47 Å². The molecule has 0 aliphatic carbocycles. The molecule has 1 amide bonds. The van der Waals surface area contributed by atoms with E-state index < -0.39 is 17.7 Å². The van der Waals surface area contributed by atoms with Crippen LogP contribution in [0.1, 0.15) is 31.3 Å². The fourth-order valence-electron chi connectivity index (χ4n) is 1.86. The van der Waals surface area contributed by atoms with Crippen molar-refractivity contribution in [2.24, 2.45) is 0 Å². The number of para-hydroxylation sites is 1. The zero-order valence-corrected chi connectivity index (χ0v) is 12.8. The van der Waals surface area contributed by atoms with E-state index in [9.17, 15) is 9.59 Å². The number of ether oxygens (including phenoxy) is 2. The number of rotatable bonds is 2. The van der Waals surface area contributed by atoms with Crippen LogP contribution >= 0.6 is 0 Å². The molecule has 2 rings (SSSR count). The highest BCUT2D eigenvalue weighted by molar-refractivity contribution is 6.06. The van der Waals surface area contributed by atoms with Crippen molar-refractivity contribution in [2.45, 2.75) is 26.4 Å². The molecule has 0 aliphatic rings. The van der Waals surface area contributed by atoms with Crippen molar-refractivity contribution in [3.63, 3.8) is 0 Å². The fraction of sp³-hybridized carbons (Fsp3) is 0.333. The molecule has 7 nitrogen and oxygen atoms in total. The number of benzene rings is 1. The first-order valence-electron chi connectivity index (χ1n) is 6.64. The minimum absolute atomic E-state index is 0.139. The van der Waals surface area contributed by atoms with Gasteiger partial charge in [-0.2, -0.15) is 0 Å². The van der Waals surface area contributed by atoms with Crippen LogP contribution in [-0.2, 0) is 9.47 Å². The standard InChI is InChI=1S/C15H17N3O4/c1-15(2,3)22-14(20)18-10-7-5-6-9-11(10)16-8-17-12(9)13(19)21-4/h5-8H,1-4H3,(H,18,20). The van der Waals surface area contributed by atoms with Gasteiger partial charge in [0.25, 0.3) is 0 Å². The van der Waals surface area contributed by atoms with E-state index in [-0.39, 0.29) is 5.69 Å². The minimum Gasteiger partial charge on any atom is -0.464 e. The molecular formula is C15H17N3O4. The minimum atomic E-state index is -0.610. The third-order valence-electron chi connectivity index (χ3n) is 2.68. The van der Waals surface area contributed by atoms with Gasteiger partial charge in [-0.25, -0.2) is 19.6 Å². The molecule has 0 atom stereocenters. The van der Waals surface area contributed by atoms with Gasteiger partial charge in [-0.3, -0.25) is 5.32 Å². The van der Waals surface area contributed by atoms with Gasteiger partial charge in [0, 0.05) is 5.39 Å². The van der Waals surface area contributed by atoms with E-state index in [0.29, 0.717) is 16.6 Å². The maximum Gasteiger partial charge on any atom is 0.412 e. The molecule has 1 aromatic carbocycles. The topological polar surface area (TPSA) is 90.4 Å². The van der Waals surface area contributed by atoms with Crippen molar-refractivity contribution < 1.29 is 19.1 Å². The number of nitrogens with zero attached hydrogens (tertiary/aromatic N) is 2. The molecule has 0 bridgehead atoms. The molecule has 0 fully saturated rings. The Morgan fingerprint density at radius 2 is 1.91 bits per heavy atom. The summed E-state index contributed by atoms with van der Waals surface area (Å²) in [6, 6.07) is 5.03. The Morgan fingerprint density at radius 1 is 1.18 bits per heavy atom. The molecule has 22 heavy (non-hydrogen) atoms. The van der Waals surface area contributed by atoms with Crippen molar-refractivity contribution in [1.82, 2.24) is 9.97 Å². The van der Waals surface area contributed by atoms with Crippen LogP contribution in [0.5, 0.6) is 0 Å². The van der Waals surface area contributed by atoms with Gasteiger partial charge in [0.2, 0.25) is 0 Å². The van der Waals surface area contributed by atoms with Crippen LogP contribution in [0.2, 0.25) is 0 Å².